The predicted molar refractivity (Wildman–Crippen MR) is 90.3 cm³/mol. The van der Waals surface area contributed by atoms with E-state index in [1.807, 2.05) is 0 Å². The average Bonchev–Trinajstić information content (AvgIpc) is 2.43. The van der Waals surface area contributed by atoms with Crippen LogP contribution in [0, 0.1) is 5.92 Å². The van der Waals surface area contributed by atoms with Crippen LogP contribution in [0.5, 0.6) is 0 Å². The summed E-state index contributed by atoms with van der Waals surface area (Å²) in [5.41, 5.74) is 0. The van der Waals surface area contributed by atoms with Crippen molar-refractivity contribution in [1.29, 1.82) is 0 Å². The predicted octanol–water partition coefficient (Wildman–Crippen LogP) is 0.279. The van der Waals surface area contributed by atoms with E-state index in [1.54, 1.807) is 20.8 Å². The number of amides is 1. The second-order valence-corrected chi connectivity index (χ2v) is 8.44. The number of halogens is 1. The van der Waals surface area contributed by atoms with E-state index >= 15 is 0 Å². The van der Waals surface area contributed by atoms with Crippen LogP contribution in [0.2, 0.25) is 0 Å². The number of hydrogen-bond donors (Lipinski definition) is 2. The van der Waals surface area contributed by atoms with Crippen LogP contribution in [0.1, 0.15) is 33.6 Å². The molecule has 1 atom stereocenters. The Hall–Kier alpha value is -0.860. The number of hydrogen-bond acceptors (Lipinski definition) is 6. The van der Waals surface area contributed by atoms with Crippen LogP contribution >= 0.6 is 12.4 Å². The molecule has 0 aliphatic carbocycles. The molecule has 0 spiro atoms. The van der Waals surface area contributed by atoms with Crippen molar-refractivity contribution in [2.75, 3.05) is 25.9 Å². The summed E-state index contributed by atoms with van der Waals surface area (Å²) in [6.45, 7) is 6.15. The minimum Gasteiger partial charge on any atom is -0.463 e. The van der Waals surface area contributed by atoms with E-state index in [4.69, 9.17) is 4.74 Å². The third-order valence-electron chi connectivity index (χ3n) is 3.86. The van der Waals surface area contributed by atoms with Crippen molar-refractivity contribution in [1.82, 2.24) is 10.6 Å². The van der Waals surface area contributed by atoms with Gasteiger partial charge < -0.3 is 15.4 Å². The molecule has 1 heterocycles. The summed E-state index contributed by atoms with van der Waals surface area (Å²) >= 11 is 0. The highest BCUT2D eigenvalue weighted by Crippen LogP contribution is 2.28. The molecule has 7 nitrogen and oxygen atoms in total. The van der Waals surface area contributed by atoms with Crippen LogP contribution in [-0.2, 0) is 24.2 Å². The zero-order valence-corrected chi connectivity index (χ0v) is 15.7. The zero-order chi connectivity index (χ0) is 17.0. The molecule has 0 radical (unpaired) electrons. The first-order valence-corrected chi connectivity index (χ1v) is 9.38. The Bertz CT molecular complexity index is 515. The van der Waals surface area contributed by atoms with Crippen molar-refractivity contribution >= 4 is 34.1 Å². The molecule has 1 aliphatic rings. The van der Waals surface area contributed by atoms with Gasteiger partial charge in [-0.1, -0.05) is 6.92 Å². The standard InChI is InChI=1S/C14H26N2O5S.ClH/c1-10(2)21-12(17)11(3)9-16-13(18)14(22(4,19)20)5-7-15-8-6-14;/h10-11,15H,5-9H2,1-4H3,(H,16,18);1H. The van der Waals surface area contributed by atoms with E-state index in [-0.39, 0.29) is 37.9 Å². The maximum absolute atomic E-state index is 12.4. The van der Waals surface area contributed by atoms with Crippen molar-refractivity contribution in [3.05, 3.63) is 0 Å². The van der Waals surface area contributed by atoms with Gasteiger partial charge in [0.1, 0.15) is 0 Å². The largest absolute Gasteiger partial charge is 0.463 e. The smallest absolute Gasteiger partial charge is 0.310 e. The van der Waals surface area contributed by atoms with Gasteiger partial charge >= 0.3 is 5.97 Å². The van der Waals surface area contributed by atoms with Crippen LogP contribution in [-0.4, -0.2) is 57.0 Å². The number of carbonyl (C=O) groups is 2. The maximum Gasteiger partial charge on any atom is 0.310 e. The minimum absolute atomic E-state index is 0. The first kappa shape index (κ1) is 22.1. The summed E-state index contributed by atoms with van der Waals surface area (Å²) in [5, 5.41) is 5.66. The highest BCUT2D eigenvalue weighted by Gasteiger charge is 2.48. The van der Waals surface area contributed by atoms with Crippen molar-refractivity contribution in [3.63, 3.8) is 0 Å². The Kier molecular flexibility index (Phi) is 8.51. The lowest BCUT2D eigenvalue weighted by molar-refractivity contribution is -0.151. The lowest BCUT2D eigenvalue weighted by Crippen LogP contribution is -2.57. The molecule has 23 heavy (non-hydrogen) atoms. The Balaban J connectivity index is 0.00000484. The number of nitrogens with one attached hydrogen (secondary N) is 2. The second-order valence-electron chi connectivity index (χ2n) is 6.11. The molecule has 0 aromatic carbocycles. The van der Waals surface area contributed by atoms with E-state index in [2.05, 4.69) is 10.6 Å². The molecule has 2 N–H and O–H groups in total. The van der Waals surface area contributed by atoms with Gasteiger partial charge in [0.25, 0.3) is 0 Å². The summed E-state index contributed by atoms with van der Waals surface area (Å²) in [6.07, 6.45) is 1.34. The number of ether oxygens (including phenoxy) is 1. The molecule has 1 fully saturated rings. The summed E-state index contributed by atoms with van der Waals surface area (Å²) in [6, 6.07) is 0. The summed E-state index contributed by atoms with van der Waals surface area (Å²) < 4.78 is 27.8. The lowest BCUT2D eigenvalue weighted by Gasteiger charge is -2.34. The van der Waals surface area contributed by atoms with Gasteiger partial charge in [-0.3, -0.25) is 9.59 Å². The normalized spacial score (nSPS) is 18.7. The van der Waals surface area contributed by atoms with Crippen LogP contribution in [0.4, 0.5) is 0 Å². The van der Waals surface area contributed by atoms with Gasteiger partial charge in [0.15, 0.2) is 14.6 Å². The number of esters is 1. The quantitative estimate of drug-likeness (QED) is 0.651. The van der Waals surface area contributed by atoms with Gasteiger partial charge in [0, 0.05) is 12.8 Å². The number of piperidine rings is 1. The average molecular weight is 371 g/mol. The number of carbonyl (C=O) groups excluding carboxylic acids is 2. The van der Waals surface area contributed by atoms with Crippen molar-refractivity contribution in [2.45, 2.75) is 44.5 Å². The minimum atomic E-state index is -3.54. The van der Waals surface area contributed by atoms with Gasteiger partial charge in [-0.05, 0) is 39.8 Å². The van der Waals surface area contributed by atoms with E-state index in [0.717, 1.165) is 6.26 Å². The molecule has 0 aromatic heterocycles. The SMILES string of the molecule is CC(C)OC(=O)C(C)CNC(=O)C1(S(C)(=O)=O)CCNCC1.Cl. The van der Waals surface area contributed by atoms with Crippen molar-refractivity contribution in [2.24, 2.45) is 5.92 Å². The van der Waals surface area contributed by atoms with E-state index < -0.39 is 32.4 Å². The van der Waals surface area contributed by atoms with Gasteiger partial charge in [0.2, 0.25) is 5.91 Å². The van der Waals surface area contributed by atoms with Crippen LogP contribution in [0.15, 0.2) is 0 Å². The fraction of sp³-hybridized carbons (Fsp3) is 0.857. The Morgan fingerprint density at radius 2 is 1.74 bits per heavy atom. The molecule has 0 bridgehead atoms. The van der Waals surface area contributed by atoms with Gasteiger partial charge in [0.05, 0.1) is 12.0 Å². The molecule has 1 rings (SSSR count). The number of sulfone groups is 1. The summed E-state index contributed by atoms with van der Waals surface area (Å²) in [7, 11) is -3.54. The highest BCUT2D eigenvalue weighted by atomic mass is 35.5. The Labute approximate surface area is 144 Å². The van der Waals surface area contributed by atoms with Crippen LogP contribution in [0.3, 0.4) is 0 Å². The highest BCUT2D eigenvalue weighted by molar-refractivity contribution is 7.92. The second kappa shape index (κ2) is 8.84. The summed E-state index contributed by atoms with van der Waals surface area (Å²) in [5.74, 6) is -1.46. The van der Waals surface area contributed by atoms with Gasteiger partial charge in [-0.25, -0.2) is 8.42 Å². The molecular weight excluding hydrogens is 344 g/mol. The fourth-order valence-corrected chi connectivity index (χ4v) is 3.79. The molecule has 1 aliphatic heterocycles. The van der Waals surface area contributed by atoms with Crippen LogP contribution < -0.4 is 10.6 Å². The fourth-order valence-electron chi connectivity index (χ4n) is 2.44. The van der Waals surface area contributed by atoms with E-state index in [0.29, 0.717) is 13.1 Å². The summed E-state index contributed by atoms with van der Waals surface area (Å²) in [4.78, 5) is 24.2. The van der Waals surface area contributed by atoms with Crippen LogP contribution in [0.25, 0.3) is 0 Å². The Morgan fingerprint density at radius 1 is 1.22 bits per heavy atom. The molecule has 0 aromatic rings. The van der Waals surface area contributed by atoms with E-state index in [9.17, 15) is 18.0 Å². The monoisotopic (exact) mass is 370 g/mol. The zero-order valence-electron chi connectivity index (χ0n) is 14.0. The van der Waals surface area contributed by atoms with Crippen molar-refractivity contribution in [3.8, 4) is 0 Å². The molecule has 1 unspecified atom stereocenters. The molecule has 1 amide bonds. The molecule has 1 saturated heterocycles. The van der Waals surface area contributed by atoms with Crippen molar-refractivity contribution < 1.29 is 22.7 Å². The third kappa shape index (κ3) is 5.61. The molecule has 136 valence electrons. The van der Waals surface area contributed by atoms with E-state index in [1.165, 1.54) is 0 Å². The molecular formula is C14H27ClN2O5S. The maximum atomic E-state index is 12.4. The number of rotatable bonds is 6. The molecule has 9 heteroatoms. The topological polar surface area (TPSA) is 102 Å². The Morgan fingerprint density at radius 3 is 2.17 bits per heavy atom. The third-order valence-corrected chi connectivity index (χ3v) is 5.87. The first-order valence-electron chi connectivity index (χ1n) is 7.49. The molecule has 0 saturated carbocycles. The first-order chi connectivity index (χ1) is 10.1. The lowest BCUT2D eigenvalue weighted by atomic mass is 9.95. The van der Waals surface area contributed by atoms with Gasteiger partial charge in [-0.2, -0.15) is 0 Å². The van der Waals surface area contributed by atoms with Gasteiger partial charge in [-0.15, -0.1) is 12.4 Å².